The third-order valence-electron chi connectivity index (χ3n) is 2.25. The second-order valence-electron chi connectivity index (χ2n) is 3.81. The molecule has 5 nitrogen and oxygen atoms in total. The zero-order valence-corrected chi connectivity index (χ0v) is 11.9. The maximum atomic E-state index is 11.6. The minimum absolute atomic E-state index is 0.145. The van der Waals surface area contributed by atoms with Crippen LogP contribution in [0.15, 0.2) is 23.7 Å². The normalized spacial score (nSPS) is 10.2. The quantitative estimate of drug-likeness (QED) is 0.889. The number of aryl methyl sites for hydroxylation is 1. The standard InChI is InChI=1S/C12H13N3O2S2/c1-8-7-14-12(19-8)15-10(16)4-5-13-11(17)9-3-2-6-18-9/h2-3,6-7H,4-5H2,1H3,(H,13,17)(H,14,15,16). The molecular weight excluding hydrogens is 282 g/mol. The number of rotatable bonds is 5. The number of nitrogens with one attached hydrogen (secondary N) is 2. The third kappa shape index (κ3) is 4.15. The van der Waals surface area contributed by atoms with E-state index in [9.17, 15) is 9.59 Å². The van der Waals surface area contributed by atoms with Gasteiger partial charge in [-0.1, -0.05) is 6.07 Å². The summed E-state index contributed by atoms with van der Waals surface area (Å²) < 4.78 is 0. The van der Waals surface area contributed by atoms with Crippen molar-refractivity contribution in [3.05, 3.63) is 33.5 Å². The number of carbonyl (C=O) groups is 2. The van der Waals surface area contributed by atoms with Crippen LogP contribution in [0.5, 0.6) is 0 Å². The van der Waals surface area contributed by atoms with E-state index in [2.05, 4.69) is 15.6 Å². The SMILES string of the molecule is Cc1cnc(NC(=O)CCNC(=O)c2cccs2)s1. The summed E-state index contributed by atoms with van der Waals surface area (Å²) in [5, 5.41) is 7.82. The first-order valence-corrected chi connectivity index (χ1v) is 7.39. The second-order valence-corrected chi connectivity index (χ2v) is 5.99. The highest BCUT2D eigenvalue weighted by Gasteiger charge is 2.08. The average Bonchev–Trinajstić information content (AvgIpc) is 3.00. The predicted octanol–water partition coefficient (Wildman–Crippen LogP) is 2.27. The summed E-state index contributed by atoms with van der Waals surface area (Å²) in [5.74, 6) is -0.297. The van der Waals surface area contributed by atoms with Gasteiger partial charge in [-0.15, -0.1) is 22.7 Å². The molecule has 0 spiro atoms. The summed E-state index contributed by atoms with van der Waals surface area (Å²) in [6.07, 6.45) is 1.94. The van der Waals surface area contributed by atoms with Gasteiger partial charge in [0.25, 0.3) is 5.91 Å². The Labute approximate surface area is 118 Å². The van der Waals surface area contributed by atoms with E-state index in [1.807, 2.05) is 18.4 Å². The number of thiazole rings is 1. The Kier molecular flexibility index (Phi) is 4.64. The van der Waals surface area contributed by atoms with Gasteiger partial charge in [0.1, 0.15) is 0 Å². The maximum absolute atomic E-state index is 11.6. The summed E-state index contributed by atoms with van der Waals surface area (Å²) in [7, 11) is 0. The molecule has 2 aromatic rings. The molecule has 0 aliphatic rings. The van der Waals surface area contributed by atoms with E-state index >= 15 is 0 Å². The van der Waals surface area contributed by atoms with Crippen molar-refractivity contribution in [3.8, 4) is 0 Å². The number of anilines is 1. The van der Waals surface area contributed by atoms with Crippen molar-refractivity contribution in [2.75, 3.05) is 11.9 Å². The van der Waals surface area contributed by atoms with E-state index in [1.165, 1.54) is 22.7 Å². The summed E-state index contributed by atoms with van der Waals surface area (Å²) in [5.41, 5.74) is 0. The highest BCUT2D eigenvalue weighted by Crippen LogP contribution is 2.16. The Morgan fingerprint density at radius 3 is 2.89 bits per heavy atom. The molecule has 7 heteroatoms. The average molecular weight is 295 g/mol. The van der Waals surface area contributed by atoms with Crippen molar-refractivity contribution in [2.45, 2.75) is 13.3 Å². The summed E-state index contributed by atoms with van der Waals surface area (Å²) in [6.45, 7) is 2.24. The molecule has 0 saturated carbocycles. The van der Waals surface area contributed by atoms with Crippen molar-refractivity contribution in [1.29, 1.82) is 0 Å². The number of amides is 2. The van der Waals surface area contributed by atoms with Gasteiger partial charge in [0, 0.05) is 24.0 Å². The number of nitrogens with zero attached hydrogens (tertiary/aromatic N) is 1. The van der Waals surface area contributed by atoms with Crippen LogP contribution in [0.1, 0.15) is 21.0 Å². The van der Waals surface area contributed by atoms with Crippen molar-refractivity contribution < 1.29 is 9.59 Å². The molecule has 0 saturated heterocycles. The van der Waals surface area contributed by atoms with Crippen molar-refractivity contribution in [2.24, 2.45) is 0 Å². The zero-order valence-electron chi connectivity index (χ0n) is 10.3. The predicted molar refractivity (Wildman–Crippen MR) is 76.7 cm³/mol. The number of aromatic nitrogens is 1. The smallest absolute Gasteiger partial charge is 0.261 e. The molecule has 2 amide bonds. The zero-order chi connectivity index (χ0) is 13.7. The second kappa shape index (κ2) is 6.44. The fraction of sp³-hybridized carbons (Fsp3) is 0.250. The molecule has 0 aliphatic heterocycles. The Hall–Kier alpha value is -1.73. The van der Waals surface area contributed by atoms with E-state index < -0.39 is 0 Å². The summed E-state index contributed by atoms with van der Waals surface area (Å²) in [4.78, 5) is 28.9. The van der Waals surface area contributed by atoms with Gasteiger partial charge in [-0.3, -0.25) is 9.59 Å². The van der Waals surface area contributed by atoms with Crippen LogP contribution in [0.4, 0.5) is 5.13 Å². The first kappa shape index (κ1) is 13.7. The van der Waals surface area contributed by atoms with Crippen LogP contribution in [0.2, 0.25) is 0 Å². The number of hydrogen-bond donors (Lipinski definition) is 2. The number of hydrogen-bond acceptors (Lipinski definition) is 5. The lowest BCUT2D eigenvalue weighted by atomic mass is 10.4. The van der Waals surface area contributed by atoms with Crippen molar-refractivity contribution in [1.82, 2.24) is 10.3 Å². The Balaban J connectivity index is 1.71. The molecule has 0 bridgehead atoms. The molecule has 0 aromatic carbocycles. The number of carbonyl (C=O) groups excluding carboxylic acids is 2. The van der Waals surface area contributed by atoms with Crippen LogP contribution >= 0.6 is 22.7 Å². The molecule has 0 fully saturated rings. The van der Waals surface area contributed by atoms with Gasteiger partial charge in [-0.2, -0.15) is 0 Å². The van der Waals surface area contributed by atoms with Crippen LogP contribution in [0.25, 0.3) is 0 Å². The van der Waals surface area contributed by atoms with E-state index in [0.717, 1.165) is 4.88 Å². The fourth-order valence-corrected chi connectivity index (χ4v) is 2.70. The highest BCUT2D eigenvalue weighted by molar-refractivity contribution is 7.15. The third-order valence-corrected chi connectivity index (χ3v) is 3.95. The van der Waals surface area contributed by atoms with E-state index in [0.29, 0.717) is 16.6 Å². The number of thiophene rings is 1. The fourth-order valence-electron chi connectivity index (χ4n) is 1.38. The Bertz CT molecular complexity index is 563. The first-order valence-electron chi connectivity index (χ1n) is 5.69. The van der Waals surface area contributed by atoms with Crippen LogP contribution < -0.4 is 10.6 Å². The lowest BCUT2D eigenvalue weighted by molar-refractivity contribution is -0.116. The van der Waals surface area contributed by atoms with Crippen LogP contribution in [0, 0.1) is 6.92 Å². The Morgan fingerprint density at radius 1 is 1.42 bits per heavy atom. The van der Waals surface area contributed by atoms with E-state index in [-0.39, 0.29) is 18.2 Å². The lowest BCUT2D eigenvalue weighted by Gasteiger charge is -2.03. The van der Waals surface area contributed by atoms with Gasteiger partial charge in [0.05, 0.1) is 4.88 Å². The molecular formula is C12H13N3O2S2. The van der Waals surface area contributed by atoms with Gasteiger partial charge in [0.2, 0.25) is 5.91 Å². The molecule has 2 N–H and O–H groups in total. The highest BCUT2D eigenvalue weighted by atomic mass is 32.1. The maximum Gasteiger partial charge on any atom is 0.261 e. The molecule has 0 aliphatic carbocycles. The van der Waals surface area contributed by atoms with Crippen molar-refractivity contribution >= 4 is 39.6 Å². The monoisotopic (exact) mass is 295 g/mol. The first-order chi connectivity index (χ1) is 9.15. The molecule has 2 rings (SSSR count). The lowest BCUT2D eigenvalue weighted by Crippen LogP contribution is -2.27. The minimum atomic E-state index is -0.152. The van der Waals surface area contributed by atoms with Gasteiger partial charge < -0.3 is 10.6 Å². The van der Waals surface area contributed by atoms with Crippen LogP contribution in [-0.2, 0) is 4.79 Å². The Morgan fingerprint density at radius 2 is 2.26 bits per heavy atom. The van der Waals surface area contributed by atoms with Gasteiger partial charge >= 0.3 is 0 Å². The molecule has 100 valence electrons. The van der Waals surface area contributed by atoms with Crippen LogP contribution in [0.3, 0.4) is 0 Å². The largest absolute Gasteiger partial charge is 0.351 e. The molecule has 2 heterocycles. The van der Waals surface area contributed by atoms with Gasteiger partial charge in [-0.05, 0) is 18.4 Å². The molecule has 2 aromatic heterocycles. The van der Waals surface area contributed by atoms with E-state index in [1.54, 1.807) is 12.3 Å². The minimum Gasteiger partial charge on any atom is -0.351 e. The summed E-state index contributed by atoms with van der Waals surface area (Å²) in [6, 6.07) is 3.56. The van der Waals surface area contributed by atoms with Gasteiger partial charge in [-0.25, -0.2) is 4.98 Å². The van der Waals surface area contributed by atoms with Crippen LogP contribution in [-0.4, -0.2) is 23.3 Å². The van der Waals surface area contributed by atoms with Gasteiger partial charge in [0.15, 0.2) is 5.13 Å². The molecule has 0 atom stereocenters. The van der Waals surface area contributed by atoms with Crippen molar-refractivity contribution in [3.63, 3.8) is 0 Å². The molecule has 0 radical (unpaired) electrons. The summed E-state index contributed by atoms with van der Waals surface area (Å²) >= 11 is 2.80. The molecule has 0 unspecified atom stereocenters. The molecule has 19 heavy (non-hydrogen) atoms. The topological polar surface area (TPSA) is 71.1 Å². The van der Waals surface area contributed by atoms with E-state index in [4.69, 9.17) is 0 Å².